The number of ketones is 3. The fourth-order valence-electron chi connectivity index (χ4n) is 10.6. The highest BCUT2D eigenvalue weighted by atomic mass is 32.1. The number of rotatable bonds is 2. The Bertz CT molecular complexity index is 2790. The highest BCUT2D eigenvalue weighted by Gasteiger charge is 2.54. The van der Waals surface area contributed by atoms with Crippen molar-refractivity contribution in [1.29, 1.82) is 21.0 Å². The first-order chi connectivity index (χ1) is 27.2. The number of allylic oxidation sites excluding steroid dienone is 3. The van der Waals surface area contributed by atoms with Crippen molar-refractivity contribution in [2.75, 3.05) is 0 Å². The second-order valence-electron chi connectivity index (χ2n) is 15.7. The molecule has 0 aliphatic heterocycles. The maximum absolute atomic E-state index is 13.9. The molecular formula is C46H30N4O4S2. The molecule has 1 N–H and O–H groups in total. The number of hydrogen-bond acceptors (Lipinski definition) is 10. The Morgan fingerprint density at radius 1 is 0.625 bits per heavy atom. The third-order valence-electron chi connectivity index (χ3n) is 13.1. The Morgan fingerprint density at radius 3 is 1.77 bits per heavy atom. The molecule has 2 heterocycles. The van der Waals surface area contributed by atoms with Crippen molar-refractivity contribution in [3.8, 4) is 34.0 Å². The molecule has 1 atom stereocenters. The van der Waals surface area contributed by atoms with Crippen molar-refractivity contribution >= 4 is 52.2 Å². The standard InChI is InChI=1S/C46H30N4O4S2/c47-19-23-11-29-30(12-24(23)20-48)40(52)33(39(29)51)15-27-16-36-37(45(27)7-3-1-4-8-45)38-44(56-36)43-35(46(38)9-5-2-6-10-46)18-28(55-43)17-34-41(53)31-13-25(21-49)26(22-50)14-32(31)42(34)54/h11-18,39,51H,1-10H2/b33-15+. The molecule has 2 saturated carbocycles. The maximum Gasteiger partial charge on any atom is 0.197 e. The summed E-state index contributed by atoms with van der Waals surface area (Å²) in [6, 6.07) is 15.8. The van der Waals surface area contributed by atoms with Gasteiger partial charge in [0.15, 0.2) is 17.3 Å². The van der Waals surface area contributed by atoms with E-state index >= 15 is 0 Å². The lowest BCUT2D eigenvalue weighted by atomic mass is 9.61. The van der Waals surface area contributed by atoms with Gasteiger partial charge in [0, 0.05) is 52.6 Å². The first-order valence-electron chi connectivity index (χ1n) is 18.9. The van der Waals surface area contributed by atoms with E-state index in [1.807, 2.05) is 30.4 Å². The molecule has 8 nitrogen and oxygen atoms in total. The summed E-state index contributed by atoms with van der Waals surface area (Å²) in [5.41, 5.74) is 6.19. The number of carbonyl (C=O) groups excluding carboxylic acids is 3. The second kappa shape index (κ2) is 12.2. The highest BCUT2D eigenvalue weighted by Crippen LogP contribution is 2.67. The second-order valence-corrected chi connectivity index (χ2v) is 17.9. The zero-order chi connectivity index (χ0) is 38.7. The van der Waals surface area contributed by atoms with Crippen LogP contribution in [0.25, 0.3) is 21.9 Å². The largest absolute Gasteiger partial charge is 0.383 e. The van der Waals surface area contributed by atoms with Gasteiger partial charge >= 0.3 is 0 Å². The van der Waals surface area contributed by atoms with Crippen LogP contribution in [0.15, 0.2) is 53.1 Å². The van der Waals surface area contributed by atoms with Crippen LogP contribution in [0.2, 0.25) is 0 Å². The number of fused-ring (bicyclic) bond motifs is 10. The summed E-state index contributed by atoms with van der Waals surface area (Å²) in [5.74, 6) is -1.18. The van der Waals surface area contributed by atoms with Crippen LogP contribution in [0.3, 0.4) is 0 Å². The van der Waals surface area contributed by atoms with Crippen molar-refractivity contribution in [2.24, 2.45) is 0 Å². The molecule has 2 aromatic carbocycles. The summed E-state index contributed by atoms with van der Waals surface area (Å²) in [4.78, 5) is 45.5. The molecule has 10 heteroatoms. The van der Waals surface area contributed by atoms with Gasteiger partial charge in [0.25, 0.3) is 0 Å². The molecule has 4 aromatic rings. The van der Waals surface area contributed by atoms with Gasteiger partial charge in [0.1, 0.15) is 30.4 Å². The van der Waals surface area contributed by atoms with Gasteiger partial charge in [-0.15, -0.1) is 22.7 Å². The lowest BCUT2D eigenvalue weighted by molar-refractivity contribution is 0.0985. The van der Waals surface area contributed by atoms with E-state index in [1.54, 1.807) is 28.7 Å². The molecule has 56 heavy (non-hydrogen) atoms. The number of carbonyl (C=O) groups is 3. The lowest BCUT2D eigenvalue weighted by Gasteiger charge is -2.42. The van der Waals surface area contributed by atoms with Gasteiger partial charge in [-0.25, -0.2) is 0 Å². The van der Waals surface area contributed by atoms with Gasteiger partial charge in [-0.05, 0) is 102 Å². The SMILES string of the molecule is N#Cc1cc2c(cc1C#N)C(=O)C(=Cc1cc3c(s1)-c1sc4c(c1C31CCCCC1)C1(CCCCC1)C(/C=C1/C(=O)c3cc(C#N)c(C#N)cc3C1O)=C4)C2=O. The molecule has 0 radical (unpaired) electrons. The van der Waals surface area contributed by atoms with Crippen molar-refractivity contribution in [2.45, 2.75) is 81.1 Å². The minimum absolute atomic E-state index is 0.0470. The Balaban J connectivity index is 1.09. The predicted octanol–water partition coefficient (Wildman–Crippen LogP) is 9.44. The van der Waals surface area contributed by atoms with Crippen LogP contribution in [-0.4, -0.2) is 22.5 Å². The normalized spacial score (nSPS) is 21.2. The van der Waals surface area contributed by atoms with Crippen LogP contribution in [0.1, 0.15) is 156 Å². The lowest BCUT2D eigenvalue weighted by Crippen LogP contribution is -2.35. The Morgan fingerprint density at radius 2 is 1.18 bits per heavy atom. The van der Waals surface area contributed by atoms with E-state index in [0.717, 1.165) is 74.7 Å². The summed E-state index contributed by atoms with van der Waals surface area (Å²) in [7, 11) is 0. The minimum Gasteiger partial charge on any atom is -0.383 e. The average Bonchev–Trinajstić information content (AvgIpc) is 4.03. The molecule has 6 aliphatic rings. The predicted molar refractivity (Wildman–Crippen MR) is 210 cm³/mol. The third-order valence-corrected chi connectivity index (χ3v) is 15.5. The van der Waals surface area contributed by atoms with Crippen molar-refractivity contribution in [1.82, 2.24) is 0 Å². The number of aliphatic hydroxyl groups excluding tert-OH is 1. The van der Waals surface area contributed by atoms with Gasteiger partial charge in [-0.2, -0.15) is 21.0 Å². The Labute approximate surface area is 330 Å². The van der Waals surface area contributed by atoms with Crippen LogP contribution in [-0.2, 0) is 10.8 Å². The monoisotopic (exact) mass is 766 g/mol. The van der Waals surface area contributed by atoms with E-state index in [2.05, 4.69) is 12.1 Å². The van der Waals surface area contributed by atoms with Crippen LogP contribution >= 0.6 is 22.7 Å². The molecule has 0 bridgehead atoms. The number of aliphatic hydroxyl groups is 1. The smallest absolute Gasteiger partial charge is 0.197 e. The topological polar surface area (TPSA) is 167 Å². The first-order valence-corrected chi connectivity index (χ1v) is 20.6. The molecule has 1 unspecified atom stereocenters. The number of nitrogens with zero attached hydrogens (tertiary/aromatic N) is 4. The number of nitriles is 4. The quantitative estimate of drug-likeness (QED) is 0.156. The minimum atomic E-state index is -1.19. The molecule has 2 fully saturated rings. The van der Waals surface area contributed by atoms with Crippen molar-refractivity contribution in [3.05, 3.63) is 124 Å². The number of hydrogen-bond donors (Lipinski definition) is 1. The molecule has 2 aromatic heterocycles. The van der Waals surface area contributed by atoms with Gasteiger partial charge in [-0.3, -0.25) is 14.4 Å². The molecule has 6 aliphatic carbocycles. The molecular weight excluding hydrogens is 737 g/mol. The molecule has 270 valence electrons. The van der Waals surface area contributed by atoms with E-state index in [-0.39, 0.29) is 66.7 Å². The van der Waals surface area contributed by atoms with Gasteiger partial charge < -0.3 is 5.11 Å². The fraction of sp³-hybridized carbons (Fsp3) is 0.283. The molecule has 2 spiro atoms. The van der Waals surface area contributed by atoms with E-state index in [4.69, 9.17) is 0 Å². The summed E-state index contributed by atoms with van der Waals surface area (Å²) < 4.78 is 0. The highest BCUT2D eigenvalue weighted by molar-refractivity contribution is 7.23. The summed E-state index contributed by atoms with van der Waals surface area (Å²) in [6.45, 7) is 0. The summed E-state index contributed by atoms with van der Waals surface area (Å²) in [5, 5.41) is 49.9. The van der Waals surface area contributed by atoms with Crippen molar-refractivity contribution in [3.63, 3.8) is 0 Å². The number of benzene rings is 2. The van der Waals surface area contributed by atoms with E-state index < -0.39 is 17.7 Å². The summed E-state index contributed by atoms with van der Waals surface area (Å²) in [6.07, 6.45) is 15.0. The van der Waals surface area contributed by atoms with Crippen LogP contribution < -0.4 is 0 Å². The van der Waals surface area contributed by atoms with Crippen molar-refractivity contribution < 1.29 is 19.5 Å². The Kier molecular flexibility index (Phi) is 7.54. The zero-order valence-electron chi connectivity index (χ0n) is 30.0. The Hall–Kier alpha value is -6.01. The van der Waals surface area contributed by atoms with E-state index in [0.29, 0.717) is 5.56 Å². The zero-order valence-corrected chi connectivity index (χ0v) is 31.7. The first kappa shape index (κ1) is 34.5. The van der Waals surface area contributed by atoms with E-state index in [1.165, 1.54) is 55.6 Å². The van der Waals surface area contributed by atoms with Gasteiger partial charge in [0.2, 0.25) is 0 Å². The van der Waals surface area contributed by atoms with Crippen LogP contribution in [0.4, 0.5) is 0 Å². The average molecular weight is 767 g/mol. The van der Waals surface area contributed by atoms with Crippen LogP contribution in [0.5, 0.6) is 0 Å². The molecule has 0 saturated heterocycles. The fourth-order valence-corrected chi connectivity index (χ4v) is 13.4. The molecule has 0 amide bonds. The third kappa shape index (κ3) is 4.47. The van der Waals surface area contributed by atoms with E-state index in [9.17, 15) is 40.5 Å². The van der Waals surface area contributed by atoms with Gasteiger partial charge in [0.05, 0.1) is 27.8 Å². The van der Waals surface area contributed by atoms with Crippen LogP contribution in [0, 0.1) is 45.3 Å². The number of thiophene rings is 2. The maximum atomic E-state index is 13.9. The summed E-state index contributed by atoms with van der Waals surface area (Å²) >= 11 is 3.38. The molecule has 10 rings (SSSR count). The number of Topliss-reactive ketones (excluding diaryl/α,β-unsaturated/α-hetero) is 3. The van der Waals surface area contributed by atoms with Gasteiger partial charge in [-0.1, -0.05) is 38.5 Å².